The Kier molecular flexibility index (Phi) is 4.22. The Bertz CT molecular complexity index is 500. The number of isocyanates is 1. The predicted molar refractivity (Wildman–Crippen MR) is 55.1 cm³/mol. The normalized spacial score (nSPS) is 7.73. The fourth-order valence-corrected chi connectivity index (χ4v) is 0.914. The van der Waals surface area contributed by atoms with Crippen LogP contribution in [-0.4, -0.2) is 12.6 Å². The molecule has 0 saturated carbocycles. The molecule has 0 aliphatic heterocycles. The van der Waals surface area contributed by atoms with E-state index in [-0.39, 0.29) is 6.54 Å². The van der Waals surface area contributed by atoms with Crippen LogP contribution in [0.25, 0.3) is 10.4 Å². The van der Waals surface area contributed by atoms with Crippen LogP contribution in [0.5, 0.6) is 0 Å². The molecule has 72 valence electrons. The van der Waals surface area contributed by atoms with Gasteiger partial charge in [-0.3, -0.25) is 0 Å². The van der Waals surface area contributed by atoms with Crippen molar-refractivity contribution < 1.29 is 4.79 Å². The summed E-state index contributed by atoms with van der Waals surface area (Å²) in [5.74, 6) is 5.43. The molecule has 0 radical (unpaired) electrons. The van der Waals surface area contributed by atoms with Crippen LogP contribution in [0.1, 0.15) is 5.56 Å². The molecule has 0 N–H and O–H groups in total. The highest BCUT2D eigenvalue weighted by atomic mass is 16.1. The Labute approximate surface area is 86.1 Å². The first-order valence-electron chi connectivity index (χ1n) is 4.04. The highest BCUT2D eigenvalue weighted by molar-refractivity contribution is 5.52. The number of azide groups is 1. The first kappa shape index (κ1) is 10.6. The van der Waals surface area contributed by atoms with Gasteiger partial charge in [0.2, 0.25) is 6.08 Å². The number of hydrogen-bond acceptors (Lipinski definition) is 3. The van der Waals surface area contributed by atoms with Crippen LogP contribution >= 0.6 is 0 Å². The molecule has 0 atom stereocenters. The Balaban J connectivity index is 2.84. The molecule has 0 unspecified atom stereocenters. The summed E-state index contributed by atoms with van der Waals surface area (Å²) in [4.78, 5) is 16.0. The van der Waals surface area contributed by atoms with Crippen LogP contribution in [-0.2, 0) is 4.79 Å². The lowest BCUT2D eigenvalue weighted by Gasteiger charge is -1.90. The molecule has 5 heteroatoms. The molecule has 0 bridgehead atoms. The first-order valence-corrected chi connectivity index (χ1v) is 4.04. The predicted octanol–water partition coefficient (Wildman–Crippen LogP) is 2.32. The van der Waals surface area contributed by atoms with Crippen molar-refractivity contribution in [2.45, 2.75) is 0 Å². The van der Waals surface area contributed by atoms with Crippen molar-refractivity contribution in [3.05, 3.63) is 40.3 Å². The van der Waals surface area contributed by atoms with E-state index in [4.69, 9.17) is 5.53 Å². The van der Waals surface area contributed by atoms with Gasteiger partial charge in [0.05, 0.1) is 12.2 Å². The van der Waals surface area contributed by atoms with E-state index in [1.807, 2.05) is 0 Å². The van der Waals surface area contributed by atoms with Crippen molar-refractivity contribution in [3.63, 3.8) is 0 Å². The molecular weight excluding hydrogens is 192 g/mol. The first-order chi connectivity index (χ1) is 7.36. The van der Waals surface area contributed by atoms with Crippen molar-refractivity contribution in [1.29, 1.82) is 0 Å². The lowest BCUT2D eigenvalue weighted by atomic mass is 10.2. The van der Waals surface area contributed by atoms with Crippen molar-refractivity contribution in [3.8, 4) is 11.8 Å². The van der Waals surface area contributed by atoms with E-state index in [0.717, 1.165) is 0 Å². The molecule has 0 spiro atoms. The number of benzene rings is 1. The van der Waals surface area contributed by atoms with E-state index in [9.17, 15) is 4.79 Å². The van der Waals surface area contributed by atoms with Crippen molar-refractivity contribution in [1.82, 2.24) is 0 Å². The van der Waals surface area contributed by atoms with Gasteiger partial charge in [-0.15, -0.1) is 0 Å². The fraction of sp³-hybridized carbons (Fsp3) is 0.100. The Hall–Kier alpha value is -2.53. The van der Waals surface area contributed by atoms with Crippen LogP contribution in [0.3, 0.4) is 0 Å². The van der Waals surface area contributed by atoms with E-state index in [0.29, 0.717) is 11.3 Å². The third kappa shape index (κ3) is 3.79. The molecule has 1 aromatic carbocycles. The summed E-state index contributed by atoms with van der Waals surface area (Å²) in [7, 11) is 0. The lowest BCUT2D eigenvalue weighted by molar-refractivity contribution is 0.565. The van der Waals surface area contributed by atoms with Gasteiger partial charge in [-0.25, -0.2) is 4.79 Å². The van der Waals surface area contributed by atoms with Gasteiger partial charge in [-0.05, 0) is 23.7 Å². The number of rotatable bonds is 2. The minimum Gasteiger partial charge on any atom is -0.211 e. The quantitative estimate of drug-likeness (QED) is 0.179. The molecule has 0 amide bonds. The maximum absolute atomic E-state index is 10.0. The molecule has 0 fully saturated rings. The second-order valence-electron chi connectivity index (χ2n) is 2.44. The standard InChI is InChI=1S/C10H6N4O/c11-14-13-6-2-4-9-3-1-5-10(7-9)12-8-15/h1,3,5,7H,6H2. The minimum absolute atomic E-state index is 0.123. The molecule has 1 rings (SSSR count). The monoisotopic (exact) mass is 198 g/mol. The highest BCUT2D eigenvalue weighted by Gasteiger charge is 1.89. The zero-order valence-corrected chi connectivity index (χ0v) is 7.71. The largest absolute Gasteiger partial charge is 0.240 e. The van der Waals surface area contributed by atoms with Gasteiger partial charge in [0.25, 0.3) is 0 Å². The van der Waals surface area contributed by atoms with E-state index in [1.165, 1.54) is 6.08 Å². The maximum Gasteiger partial charge on any atom is 0.240 e. The Morgan fingerprint density at radius 2 is 2.33 bits per heavy atom. The number of hydrogen-bond donors (Lipinski definition) is 0. The molecule has 0 aliphatic rings. The van der Waals surface area contributed by atoms with E-state index in [1.54, 1.807) is 24.3 Å². The van der Waals surface area contributed by atoms with Gasteiger partial charge in [-0.1, -0.05) is 23.0 Å². The number of nitrogens with zero attached hydrogens (tertiary/aromatic N) is 4. The van der Waals surface area contributed by atoms with Crippen molar-refractivity contribution >= 4 is 11.8 Å². The topological polar surface area (TPSA) is 78.2 Å². The Morgan fingerprint density at radius 3 is 3.07 bits per heavy atom. The van der Waals surface area contributed by atoms with E-state index < -0.39 is 0 Å². The van der Waals surface area contributed by atoms with Crippen LogP contribution in [0.4, 0.5) is 5.69 Å². The molecule has 0 saturated heterocycles. The maximum atomic E-state index is 10.0. The smallest absolute Gasteiger partial charge is 0.211 e. The molecule has 1 aromatic rings. The third-order valence-electron chi connectivity index (χ3n) is 1.47. The zero-order chi connectivity index (χ0) is 10.9. The minimum atomic E-state index is 0.123. The molecular formula is C10H6N4O. The SMILES string of the molecule is [N-]=[N+]=NCC#Cc1cccc(N=C=O)c1. The van der Waals surface area contributed by atoms with Gasteiger partial charge in [0.15, 0.2) is 0 Å². The van der Waals surface area contributed by atoms with Gasteiger partial charge in [0.1, 0.15) is 0 Å². The molecule has 0 heterocycles. The molecule has 15 heavy (non-hydrogen) atoms. The average molecular weight is 198 g/mol. The highest BCUT2D eigenvalue weighted by Crippen LogP contribution is 2.11. The van der Waals surface area contributed by atoms with Crippen LogP contribution in [0.15, 0.2) is 34.4 Å². The summed E-state index contributed by atoms with van der Waals surface area (Å²) in [6, 6.07) is 6.82. The molecule has 5 nitrogen and oxygen atoms in total. The summed E-state index contributed by atoms with van der Waals surface area (Å²) in [6.45, 7) is 0.123. The van der Waals surface area contributed by atoms with E-state index >= 15 is 0 Å². The zero-order valence-electron chi connectivity index (χ0n) is 7.71. The number of aliphatic imine (C=N–C) groups is 1. The average Bonchev–Trinajstić information content (AvgIpc) is 2.26. The van der Waals surface area contributed by atoms with Gasteiger partial charge in [-0.2, -0.15) is 4.99 Å². The van der Waals surface area contributed by atoms with Crippen LogP contribution in [0, 0.1) is 11.8 Å². The van der Waals surface area contributed by atoms with Crippen molar-refractivity contribution in [2.24, 2.45) is 10.1 Å². The van der Waals surface area contributed by atoms with Crippen LogP contribution in [0.2, 0.25) is 0 Å². The van der Waals surface area contributed by atoms with Gasteiger partial charge < -0.3 is 0 Å². The van der Waals surface area contributed by atoms with Crippen LogP contribution < -0.4 is 0 Å². The summed E-state index contributed by atoms with van der Waals surface area (Å²) < 4.78 is 0. The molecule has 0 aromatic heterocycles. The summed E-state index contributed by atoms with van der Waals surface area (Å²) in [5, 5.41) is 3.27. The van der Waals surface area contributed by atoms with Crippen molar-refractivity contribution in [2.75, 3.05) is 6.54 Å². The lowest BCUT2D eigenvalue weighted by Crippen LogP contribution is -1.74. The van der Waals surface area contributed by atoms with Gasteiger partial charge in [0, 0.05) is 10.5 Å². The third-order valence-corrected chi connectivity index (χ3v) is 1.47. The second-order valence-corrected chi connectivity index (χ2v) is 2.44. The number of carbonyl (C=O) groups excluding carboxylic acids is 1. The fourth-order valence-electron chi connectivity index (χ4n) is 0.914. The van der Waals surface area contributed by atoms with Gasteiger partial charge >= 0.3 is 0 Å². The summed E-state index contributed by atoms with van der Waals surface area (Å²) in [5.41, 5.74) is 9.22. The van der Waals surface area contributed by atoms with E-state index in [2.05, 4.69) is 26.9 Å². The Morgan fingerprint density at radius 1 is 1.47 bits per heavy atom. The second kappa shape index (κ2) is 6.01. The summed E-state index contributed by atoms with van der Waals surface area (Å²) in [6.07, 6.45) is 1.45. The molecule has 0 aliphatic carbocycles. The summed E-state index contributed by atoms with van der Waals surface area (Å²) >= 11 is 0.